The van der Waals surface area contributed by atoms with Gasteiger partial charge in [0, 0.05) is 24.2 Å². The van der Waals surface area contributed by atoms with Crippen molar-refractivity contribution >= 4 is 23.2 Å². The predicted molar refractivity (Wildman–Crippen MR) is 82.2 cm³/mol. The second kappa shape index (κ2) is 8.80. The van der Waals surface area contributed by atoms with Gasteiger partial charge in [-0.25, -0.2) is 4.39 Å². The van der Waals surface area contributed by atoms with Crippen molar-refractivity contribution < 1.29 is 9.13 Å². The molecule has 0 aliphatic rings. The van der Waals surface area contributed by atoms with Crippen LogP contribution in [0.2, 0.25) is 10.0 Å². The maximum atomic E-state index is 13.4. The normalized spacial score (nSPS) is 12.9. The van der Waals surface area contributed by atoms with Crippen molar-refractivity contribution in [3.63, 3.8) is 0 Å². The number of hydrogen-bond acceptors (Lipinski definition) is 3. The van der Waals surface area contributed by atoms with E-state index in [0.717, 1.165) is 6.54 Å². The molecule has 0 saturated heterocycles. The summed E-state index contributed by atoms with van der Waals surface area (Å²) in [7, 11) is 4.00. The van der Waals surface area contributed by atoms with Crippen LogP contribution < -0.4 is 5.32 Å². The number of hydrogen-bond donors (Lipinski definition) is 1. The van der Waals surface area contributed by atoms with Gasteiger partial charge in [-0.2, -0.15) is 0 Å². The van der Waals surface area contributed by atoms with E-state index in [1.165, 1.54) is 12.1 Å². The van der Waals surface area contributed by atoms with Gasteiger partial charge in [0.05, 0.1) is 18.2 Å². The molecule has 0 heterocycles. The van der Waals surface area contributed by atoms with E-state index in [4.69, 9.17) is 27.9 Å². The van der Waals surface area contributed by atoms with Crippen LogP contribution in [0.3, 0.4) is 0 Å². The highest BCUT2D eigenvalue weighted by Crippen LogP contribution is 2.28. The Kier molecular flexibility index (Phi) is 7.77. The van der Waals surface area contributed by atoms with Gasteiger partial charge in [-0.05, 0) is 38.7 Å². The number of likely N-dealkylation sites (N-methyl/N-ethyl adjacent to an activating group) is 1. The number of nitrogens with one attached hydrogen (secondary N) is 1. The Morgan fingerprint density at radius 3 is 2.60 bits per heavy atom. The van der Waals surface area contributed by atoms with Gasteiger partial charge in [0.2, 0.25) is 0 Å². The van der Waals surface area contributed by atoms with E-state index in [1.54, 1.807) is 0 Å². The lowest BCUT2D eigenvalue weighted by Gasteiger charge is -2.16. The number of halogens is 3. The van der Waals surface area contributed by atoms with Gasteiger partial charge in [0.15, 0.2) is 0 Å². The van der Waals surface area contributed by atoms with E-state index in [0.29, 0.717) is 30.3 Å². The summed E-state index contributed by atoms with van der Waals surface area (Å²) in [5.41, 5.74) is 0.696. The minimum Gasteiger partial charge on any atom is -0.379 e. The first-order chi connectivity index (χ1) is 9.41. The Balaban J connectivity index is 2.36. The van der Waals surface area contributed by atoms with Crippen molar-refractivity contribution in [2.24, 2.45) is 0 Å². The summed E-state index contributed by atoms with van der Waals surface area (Å²) in [4.78, 5) is 2.06. The first-order valence-corrected chi connectivity index (χ1v) is 7.27. The van der Waals surface area contributed by atoms with Gasteiger partial charge >= 0.3 is 0 Å². The molecule has 3 nitrogen and oxygen atoms in total. The van der Waals surface area contributed by atoms with Crippen LogP contribution in [-0.4, -0.2) is 45.3 Å². The fraction of sp³-hybridized carbons (Fsp3) is 0.571. The minimum absolute atomic E-state index is 0.0398. The zero-order valence-corrected chi connectivity index (χ0v) is 13.6. The van der Waals surface area contributed by atoms with Crippen LogP contribution in [0.15, 0.2) is 12.1 Å². The number of nitrogens with zero attached hydrogens (tertiary/aromatic N) is 1. The van der Waals surface area contributed by atoms with E-state index in [2.05, 4.69) is 10.2 Å². The number of ether oxygens (including phenoxy) is 1. The van der Waals surface area contributed by atoms with Crippen molar-refractivity contribution in [3.8, 4) is 0 Å². The van der Waals surface area contributed by atoms with Gasteiger partial charge in [0.25, 0.3) is 0 Å². The lowest BCUT2D eigenvalue weighted by Crippen LogP contribution is -2.25. The summed E-state index contributed by atoms with van der Waals surface area (Å²) in [6.07, 6.45) is 0. The standard InChI is InChI=1S/C14H21Cl2FN2O/c1-10(18-4-6-20-7-5-19(2)3)11-8-14(17)13(16)9-12(11)15/h8-10,18H,4-7H2,1-3H3. The smallest absolute Gasteiger partial charge is 0.142 e. The molecule has 6 heteroatoms. The van der Waals surface area contributed by atoms with Crippen molar-refractivity contribution in [2.75, 3.05) is 40.4 Å². The molecule has 0 aliphatic heterocycles. The zero-order chi connectivity index (χ0) is 15.1. The SMILES string of the molecule is CC(NCCOCCN(C)C)c1cc(F)c(Cl)cc1Cl. The minimum atomic E-state index is -0.457. The fourth-order valence-corrected chi connectivity index (χ4v) is 2.22. The Morgan fingerprint density at radius 1 is 1.25 bits per heavy atom. The molecule has 0 spiro atoms. The monoisotopic (exact) mass is 322 g/mol. The van der Waals surface area contributed by atoms with E-state index >= 15 is 0 Å². The van der Waals surface area contributed by atoms with Crippen LogP contribution in [0.5, 0.6) is 0 Å². The molecule has 1 unspecified atom stereocenters. The van der Waals surface area contributed by atoms with Crippen molar-refractivity contribution in [2.45, 2.75) is 13.0 Å². The third-order valence-corrected chi connectivity index (χ3v) is 3.50. The maximum Gasteiger partial charge on any atom is 0.142 e. The van der Waals surface area contributed by atoms with Crippen LogP contribution in [0, 0.1) is 5.82 Å². The molecule has 1 atom stereocenters. The lowest BCUT2D eigenvalue weighted by molar-refractivity contribution is 0.118. The lowest BCUT2D eigenvalue weighted by atomic mass is 10.1. The molecule has 0 aliphatic carbocycles. The van der Waals surface area contributed by atoms with Crippen LogP contribution in [0.25, 0.3) is 0 Å². The number of rotatable bonds is 8. The first kappa shape index (κ1) is 17.7. The molecule has 114 valence electrons. The third kappa shape index (κ3) is 5.94. The summed E-state index contributed by atoms with van der Waals surface area (Å²) < 4.78 is 18.9. The van der Waals surface area contributed by atoms with Crippen LogP contribution in [0.4, 0.5) is 4.39 Å². The predicted octanol–water partition coefficient (Wildman–Crippen LogP) is 3.36. The molecule has 0 radical (unpaired) electrons. The summed E-state index contributed by atoms with van der Waals surface area (Å²) in [6, 6.07) is 2.74. The summed E-state index contributed by atoms with van der Waals surface area (Å²) >= 11 is 11.7. The highest BCUT2D eigenvalue weighted by Gasteiger charge is 2.12. The van der Waals surface area contributed by atoms with Gasteiger partial charge in [-0.1, -0.05) is 23.2 Å². The van der Waals surface area contributed by atoms with Gasteiger partial charge in [0.1, 0.15) is 5.82 Å². The molecule has 20 heavy (non-hydrogen) atoms. The average Bonchev–Trinajstić information content (AvgIpc) is 2.37. The topological polar surface area (TPSA) is 24.5 Å². The second-order valence-electron chi connectivity index (χ2n) is 4.88. The average molecular weight is 323 g/mol. The molecule has 0 bridgehead atoms. The highest BCUT2D eigenvalue weighted by molar-refractivity contribution is 6.35. The van der Waals surface area contributed by atoms with E-state index in [-0.39, 0.29) is 11.1 Å². The van der Waals surface area contributed by atoms with Gasteiger partial charge in [-0.15, -0.1) is 0 Å². The Hall–Kier alpha value is -0.390. The molecule has 0 aromatic heterocycles. The van der Waals surface area contributed by atoms with Crippen LogP contribution in [0.1, 0.15) is 18.5 Å². The third-order valence-electron chi connectivity index (χ3n) is 2.89. The van der Waals surface area contributed by atoms with E-state index in [9.17, 15) is 4.39 Å². The Bertz CT molecular complexity index is 430. The van der Waals surface area contributed by atoms with Crippen LogP contribution in [-0.2, 0) is 4.74 Å². The Labute approximate surface area is 130 Å². The van der Waals surface area contributed by atoms with Gasteiger partial charge < -0.3 is 15.0 Å². The molecule has 1 aromatic carbocycles. The molecule has 1 rings (SSSR count). The largest absolute Gasteiger partial charge is 0.379 e. The Morgan fingerprint density at radius 2 is 1.95 bits per heavy atom. The van der Waals surface area contributed by atoms with Crippen molar-refractivity contribution in [1.29, 1.82) is 0 Å². The molecule has 0 fully saturated rings. The summed E-state index contributed by atoms with van der Waals surface area (Å²) in [5.74, 6) is -0.457. The van der Waals surface area contributed by atoms with E-state index in [1.807, 2.05) is 21.0 Å². The zero-order valence-electron chi connectivity index (χ0n) is 12.0. The molecule has 1 aromatic rings. The second-order valence-corrected chi connectivity index (χ2v) is 5.69. The quantitative estimate of drug-likeness (QED) is 0.586. The molecule has 1 N–H and O–H groups in total. The fourth-order valence-electron chi connectivity index (χ4n) is 1.68. The molecular weight excluding hydrogens is 302 g/mol. The number of benzene rings is 1. The van der Waals surface area contributed by atoms with E-state index < -0.39 is 5.82 Å². The first-order valence-electron chi connectivity index (χ1n) is 6.52. The summed E-state index contributed by atoms with van der Waals surface area (Å²) in [6.45, 7) is 4.79. The molecular formula is C14H21Cl2FN2O. The molecule has 0 saturated carbocycles. The van der Waals surface area contributed by atoms with Crippen molar-refractivity contribution in [3.05, 3.63) is 33.6 Å². The maximum absolute atomic E-state index is 13.4. The van der Waals surface area contributed by atoms with Gasteiger partial charge in [-0.3, -0.25) is 0 Å². The highest BCUT2D eigenvalue weighted by atomic mass is 35.5. The van der Waals surface area contributed by atoms with Crippen LogP contribution >= 0.6 is 23.2 Å². The van der Waals surface area contributed by atoms with Crippen molar-refractivity contribution in [1.82, 2.24) is 10.2 Å². The summed E-state index contributed by atoms with van der Waals surface area (Å²) in [5, 5.41) is 3.74. The molecule has 0 amide bonds.